The van der Waals surface area contributed by atoms with E-state index in [-0.39, 0.29) is 17.9 Å². The standard InChI is InChI=1S/C17H24BrN3O3/c1-17(2,3)24-16(23)21-6-4-5-13(11-21)15(22)20-9-12-7-14(18)10-19-8-12/h7-8,10,13H,4-6,9,11H2,1-3H3,(H,20,22)/t13-/m0/s1. The SMILES string of the molecule is CC(C)(C)OC(=O)N1CCC[C@H](C(=O)NCc2cncc(Br)c2)C1. The molecule has 2 amide bonds. The summed E-state index contributed by atoms with van der Waals surface area (Å²) in [6.45, 7) is 6.97. The van der Waals surface area contributed by atoms with Crippen LogP contribution < -0.4 is 5.32 Å². The number of hydrogen-bond donors (Lipinski definition) is 1. The van der Waals surface area contributed by atoms with Crippen LogP contribution in [0.1, 0.15) is 39.2 Å². The van der Waals surface area contributed by atoms with Gasteiger partial charge < -0.3 is 15.0 Å². The average Bonchev–Trinajstić information content (AvgIpc) is 2.51. The lowest BCUT2D eigenvalue weighted by Gasteiger charge is -2.33. The smallest absolute Gasteiger partial charge is 0.410 e. The molecule has 0 unspecified atom stereocenters. The summed E-state index contributed by atoms with van der Waals surface area (Å²) in [6.07, 6.45) is 4.65. The highest BCUT2D eigenvalue weighted by Crippen LogP contribution is 2.20. The number of aromatic nitrogens is 1. The van der Waals surface area contributed by atoms with Crippen LogP contribution in [0.25, 0.3) is 0 Å². The number of hydrogen-bond acceptors (Lipinski definition) is 4. The molecular formula is C17H24BrN3O3. The van der Waals surface area contributed by atoms with Gasteiger partial charge in [-0.1, -0.05) is 0 Å². The molecule has 1 saturated heterocycles. The Morgan fingerprint density at radius 1 is 1.42 bits per heavy atom. The van der Waals surface area contributed by atoms with Gasteiger partial charge in [-0.05, 0) is 61.2 Å². The van der Waals surface area contributed by atoms with E-state index in [2.05, 4.69) is 26.2 Å². The minimum Gasteiger partial charge on any atom is -0.444 e. The number of amides is 2. The Bertz CT molecular complexity index is 601. The second-order valence-electron chi connectivity index (χ2n) is 6.99. The van der Waals surface area contributed by atoms with Gasteiger partial charge in [0, 0.05) is 36.5 Å². The molecule has 1 aliphatic heterocycles. The van der Waals surface area contributed by atoms with Crippen LogP contribution in [0.5, 0.6) is 0 Å². The van der Waals surface area contributed by atoms with Gasteiger partial charge >= 0.3 is 6.09 Å². The number of pyridine rings is 1. The molecule has 1 N–H and O–H groups in total. The fraction of sp³-hybridized carbons (Fsp3) is 0.588. The predicted molar refractivity (Wildman–Crippen MR) is 94.3 cm³/mol. The number of ether oxygens (including phenoxy) is 1. The summed E-state index contributed by atoms with van der Waals surface area (Å²) in [5, 5.41) is 2.93. The van der Waals surface area contributed by atoms with Crippen LogP contribution in [-0.2, 0) is 16.1 Å². The van der Waals surface area contributed by atoms with Gasteiger partial charge in [0.2, 0.25) is 5.91 Å². The zero-order valence-electron chi connectivity index (χ0n) is 14.3. The number of piperidine rings is 1. The summed E-state index contributed by atoms with van der Waals surface area (Å²) in [7, 11) is 0. The van der Waals surface area contributed by atoms with Crippen molar-refractivity contribution in [2.45, 2.75) is 45.8 Å². The summed E-state index contributed by atoms with van der Waals surface area (Å²) in [4.78, 5) is 30.2. The minimum absolute atomic E-state index is 0.0387. The highest BCUT2D eigenvalue weighted by atomic mass is 79.9. The molecule has 0 bridgehead atoms. The summed E-state index contributed by atoms with van der Waals surface area (Å²) in [6, 6.07) is 1.92. The second-order valence-corrected chi connectivity index (χ2v) is 7.91. The molecule has 1 aliphatic rings. The molecule has 2 rings (SSSR count). The molecule has 1 aromatic rings. The zero-order chi connectivity index (χ0) is 17.7. The van der Waals surface area contributed by atoms with E-state index in [0.717, 1.165) is 22.9 Å². The minimum atomic E-state index is -0.528. The molecule has 6 nitrogen and oxygen atoms in total. The molecule has 24 heavy (non-hydrogen) atoms. The largest absolute Gasteiger partial charge is 0.444 e. The monoisotopic (exact) mass is 397 g/mol. The number of carbonyl (C=O) groups is 2. The number of nitrogens with one attached hydrogen (secondary N) is 1. The van der Waals surface area contributed by atoms with Crippen LogP contribution in [-0.4, -0.2) is 40.6 Å². The first-order valence-electron chi connectivity index (χ1n) is 8.09. The Labute approximate surface area is 151 Å². The Morgan fingerprint density at radius 2 is 2.17 bits per heavy atom. The van der Waals surface area contributed by atoms with Crippen molar-refractivity contribution in [2.75, 3.05) is 13.1 Å². The van der Waals surface area contributed by atoms with Crippen LogP contribution in [0.3, 0.4) is 0 Å². The lowest BCUT2D eigenvalue weighted by molar-refractivity contribution is -0.126. The highest BCUT2D eigenvalue weighted by Gasteiger charge is 2.30. The van der Waals surface area contributed by atoms with Crippen molar-refractivity contribution in [3.05, 3.63) is 28.5 Å². The van der Waals surface area contributed by atoms with Crippen molar-refractivity contribution < 1.29 is 14.3 Å². The van der Waals surface area contributed by atoms with E-state index in [1.807, 2.05) is 26.8 Å². The van der Waals surface area contributed by atoms with Crippen molar-refractivity contribution >= 4 is 27.9 Å². The Morgan fingerprint density at radius 3 is 2.83 bits per heavy atom. The normalized spacial score (nSPS) is 18.2. The number of halogens is 1. The second kappa shape index (κ2) is 7.96. The van der Waals surface area contributed by atoms with E-state index in [4.69, 9.17) is 4.74 Å². The van der Waals surface area contributed by atoms with Crippen LogP contribution in [0.15, 0.2) is 22.9 Å². The fourth-order valence-electron chi connectivity index (χ4n) is 2.57. The molecule has 0 spiro atoms. The van der Waals surface area contributed by atoms with Gasteiger partial charge in [-0.15, -0.1) is 0 Å². The molecule has 132 valence electrons. The Hall–Kier alpha value is -1.63. The summed E-state index contributed by atoms with van der Waals surface area (Å²) < 4.78 is 6.27. The first kappa shape index (κ1) is 18.7. The fourth-order valence-corrected chi connectivity index (χ4v) is 2.98. The number of likely N-dealkylation sites (tertiary alicyclic amines) is 1. The first-order chi connectivity index (χ1) is 11.2. The van der Waals surface area contributed by atoms with Crippen LogP contribution in [0.4, 0.5) is 4.79 Å². The molecule has 1 aromatic heterocycles. The van der Waals surface area contributed by atoms with Gasteiger partial charge in [0.15, 0.2) is 0 Å². The summed E-state index contributed by atoms with van der Waals surface area (Å²) in [5.74, 6) is -0.241. The molecular weight excluding hydrogens is 374 g/mol. The van der Waals surface area contributed by atoms with E-state index in [1.165, 1.54) is 0 Å². The lowest BCUT2D eigenvalue weighted by atomic mass is 9.97. The van der Waals surface area contributed by atoms with Gasteiger partial charge in [-0.2, -0.15) is 0 Å². The molecule has 1 fully saturated rings. The molecule has 0 aromatic carbocycles. The molecule has 0 saturated carbocycles. The van der Waals surface area contributed by atoms with Gasteiger partial charge in [-0.25, -0.2) is 4.79 Å². The topological polar surface area (TPSA) is 71.5 Å². The first-order valence-corrected chi connectivity index (χ1v) is 8.89. The average molecular weight is 398 g/mol. The van der Waals surface area contributed by atoms with Crippen molar-refractivity contribution in [1.29, 1.82) is 0 Å². The Kier molecular flexibility index (Phi) is 6.21. The Balaban J connectivity index is 1.87. The van der Waals surface area contributed by atoms with Gasteiger partial charge in [0.1, 0.15) is 5.60 Å². The van der Waals surface area contributed by atoms with E-state index < -0.39 is 5.60 Å². The number of carbonyl (C=O) groups excluding carboxylic acids is 2. The van der Waals surface area contributed by atoms with Crippen LogP contribution in [0, 0.1) is 5.92 Å². The van der Waals surface area contributed by atoms with E-state index in [0.29, 0.717) is 19.6 Å². The predicted octanol–water partition coefficient (Wildman–Crippen LogP) is 3.11. The third-order valence-electron chi connectivity index (χ3n) is 3.67. The maximum Gasteiger partial charge on any atom is 0.410 e. The molecule has 1 atom stereocenters. The number of nitrogens with zero attached hydrogens (tertiary/aromatic N) is 2. The third kappa shape index (κ3) is 5.78. The molecule has 0 radical (unpaired) electrons. The third-order valence-corrected chi connectivity index (χ3v) is 4.11. The summed E-state index contributed by atoms with van der Waals surface area (Å²) >= 11 is 3.36. The lowest BCUT2D eigenvalue weighted by Crippen LogP contribution is -2.46. The maximum absolute atomic E-state index is 12.4. The van der Waals surface area contributed by atoms with Gasteiger partial charge in [-0.3, -0.25) is 9.78 Å². The van der Waals surface area contributed by atoms with E-state index in [1.54, 1.807) is 17.3 Å². The van der Waals surface area contributed by atoms with Crippen molar-refractivity contribution in [1.82, 2.24) is 15.2 Å². The maximum atomic E-state index is 12.4. The molecule has 2 heterocycles. The molecule has 0 aliphatic carbocycles. The van der Waals surface area contributed by atoms with E-state index in [9.17, 15) is 9.59 Å². The number of rotatable bonds is 3. The molecule has 7 heteroatoms. The quantitative estimate of drug-likeness (QED) is 0.850. The van der Waals surface area contributed by atoms with Crippen LogP contribution in [0.2, 0.25) is 0 Å². The summed E-state index contributed by atoms with van der Waals surface area (Å²) in [5.41, 5.74) is 0.400. The van der Waals surface area contributed by atoms with Crippen LogP contribution >= 0.6 is 15.9 Å². The highest BCUT2D eigenvalue weighted by molar-refractivity contribution is 9.10. The zero-order valence-corrected chi connectivity index (χ0v) is 15.9. The van der Waals surface area contributed by atoms with Gasteiger partial charge in [0.05, 0.1) is 5.92 Å². The van der Waals surface area contributed by atoms with E-state index >= 15 is 0 Å². The van der Waals surface area contributed by atoms with Crippen molar-refractivity contribution in [3.8, 4) is 0 Å². The van der Waals surface area contributed by atoms with Crippen molar-refractivity contribution in [2.24, 2.45) is 5.92 Å². The van der Waals surface area contributed by atoms with Crippen molar-refractivity contribution in [3.63, 3.8) is 0 Å². The van der Waals surface area contributed by atoms with Gasteiger partial charge in [0.25, 0.3) is 0 Å².